The molecule has 0 fully saturated rings. The minimum Gasteiger partial charge on any atom is -0.481 e. The molecule has 0 aliphatic rings. The molecule has 0 aliphatic heterocycles. The Hall–Kier alpha value is -0.830. The number of carboxylic acid groups (broad SMARTS) is 1. The Morgan fingerprint density at radius 3 is 1.63 bits per heavy atom. The molecule has 0 aliphatic carbocycles. The maximum atomic E-state index is 11.3. The van der Waals surface area contributed by atoms with Gasteiger partial charge >= 0.3 is 5.97 Å². The zero-order chi connectivity index (χ0) is 20.0. The molecule has 0 rings (SSSR count). The van der Waals surface area contributed by atoms with Crippen LogP contribution in [0.1, 0.15) is 122 Å². The lowest BCUT2D eigenvalue weighted by molar-refractivity contribution is -0.142. The van der Waals surface area contributed by atoms with Gasteiger partial charge < -0.3 is 10.2 Å². The molecule has 0 saturated carbocycles. The minimum atomic E-state index is -0.630. The SMILES string of the molecule is CCCCCCCCC=CCCCCCCC(CCCCCCO)C(=O)O. The monoisotopic (exact) mass is 382 g/mol. The van der Waals surface area contributed by atoms with Crippen LogP contribution in [-0.2, 0) is 4.79 Å². The van der Waals surface area contributed by atoms with E-state index in [1.165, 1.54) is 64.2 Å². The number of hydrogen-bond donors (Lipinski definition) is 2. The van der Waals surface area contributed by atoms with Gasteiger partial charge in [-0.3, -0.25) is 4.79 Å². The van der Waals surface area contributed by atoms with E-state index in [2.05, 4.69) is 19.1 Å². The molecule has 0 aromatic rings. The van der Waals surface area contributed by atoms with Gasteiger partial charge in [-0.25, -0.2) is 0 Å². The second-order valence-corrected chi connectivity index (χ2v) is 7.98. The first-order chi connectivity index (χ1) is 13.2. The second kappa shape index (κ2) is 21.5. The molecule has 0 spiro atoms. The topological polar surface area (TPSA) is 57.5 Å². The Bertz CT molecular complexity index is 339. The van der Waals surface area contributed by atoms with Crippen molar-refractivity contribution in [2.75, 3.05) is 6.61 Å². The molecule has 1 atom stereocenters. The fourth-order valence-electron chi connectivity index (χ4n) is 3.53. The largest absolute Gasteiger partial charge is 0.481 e. The summed E-state index contributed by atoms with van der Waals surface area (Å²) in [4.78, 5) is 11.3. The lowest BCUT2D eigenvalue weighted by Crippen LogP contribution is -2.13. The molecule has 2 N–H and O–H groups in total. The number of allylic oxidation sites excluding steroid dienone is 2. The molecule has 160 valence electrons. The molecule has 27 heavy (non-hydrogen) atoms. The van der Waals surface area contributed by atoms with Gasteiger partial charge in [0.15, 0.2) is 0 Å². The number of aliphatic hydroxyl groups excluding tert-OH is 1. The van der Waals surface area contributed by atoms with Crippen molar-refractivity contribution < 1.29 is 15.0 Å². The highest BCUT2D eigenvalue weighted by molar-refractivity contribution is 5.69. The third kappa shape index (κ3) is 19.7. The lowest BCUT2D eigenvalue weighted by atomic mass is 9.94. The summed E-state index contributed by atoms with van der Waals surface area (Å²) in [5.41, 5.74) is 0. The average molecular weight is 383 g/mol. The van der Waals surface area contributed by atoms with E-state index in [0.717, 1.165) is 51.4 Å². The zero-order valence-corrected chi connectivity index (χ0v) is 18.0. The Labute approximate surface area is 168 Å². The van der Waals surface area contributed by atoms with Crippen molar-refractivity contribution in [1.29, 1.82) is 0 Å². The first-order valence-electron chi connectivity index (χ1n) is 11.7. The summed E-state index contributed by atoms with van der Waals surface area (Å²) in [6.45, 7) is 2.51. The first-order valence-corrected chi connectivity index (χ1v) is 11.7. The number of carboxylic acids is 1. The fraction of sp³-hybridized carbons (Fsp3) is 0.875. The van der Waals surface area contributed by atoms with Crippen LogP contribution in [0.4, 0.5) is 0 Å². The highest BCUT2D eigenvalue weighted by atomic mass is 16.4. The summed E-state index contributed by atoms with van der Waals surface area (Å²) in [5.74, 6) is -0.800. The summed E-state index contributed by atoms with van der Waals surface area (Å²) in [5, 5.41) is 18.1. The summed E-state index contributed by atoms with van der Waals surface area (Å²) < 4.78 is 0. The Morgan fingerprint density at radius 2 is 1.15 bits per heavy atom. The van der Waals surface area contributed by atoms with Crippen LogP contribution in [0.3, 0.4) is 0 Å². The molecule has 3 heteroatoms. The average Bonchev–Trinajstić information content (AvgIpc) is 2.66. The Balaban J connectivity index is 3.46. The highest BCUT2D eigenvalue weighted by Gasteiger charge is 2.16. The smallest absolute Gasteiger partial charge is 0.306 e. The summed E-state index contributed by atoms with van der Waals surface area (Å²) in [6.07, 6.45) is 25.4. The quantitative estimate of drug-likeness (QED) is 0.162. The van der Waals surface area contributed by atoms with Crippen molar-refractivity contribution in [3.63, 3.8) is 0 Å². The molecule has 0 aromatic heterocycles. The van der Waals surface area contributed by atoms with Crippen molar-refractivity contribution in [2.24, 2.45) is 5.92 Å². The van der Waals surface area contributed by atoms with E-state index in [1.54, 1.807) is 0 Å². The van der Waals surface area contributed by atoms with Gasteiger partial charge in [0.2, 0.25) is 0 Å². The number of unbranched alkanes of at least 4 members (excludes halogenated alkanes) is 13. The van der Waals surface area contributed by atoms with Crippen LogP contribution in [0.15, 0.2) is 12.2 Å². The van der Waals surface area contributed by atoms with Crippen LogP contribution in [0, 0.1) is 5.92 Å². The van der Waals surface area contributed by atoms with E-state index in [9.17, 15) is 9.90 Å². The van der Waals surface area contributed by atoms with Gasteiger partial charge in [-0.15, -0.1) is 0 Å². The number of carbonyl (C=O) groups is 1. The predicted octanol–water partition coefficient (Wildman–Crippen LogP) is 7.28. The summed E-state index contributed by atoms with van der Waals surface area (Å²) in [6, 6.07) is 0. The predicted molar refractivity (Wildman–Crippen MR) is 116 cm³/mol. The van der Waals surface area contributed by atoms with Gasteiger partial charge in [-0.2, -0.15) is 0 Å². The third-order valence-corrected chi connectivity index (χ3v) is 5.37. The standard InChI is InChI=1S/C24H46O3/c1-2-3-4-5-6-7-8-9-10-11-12-13-14-17-20-23(24(26)27)21-18-15-16-19-22-25/h9-10,23,25H,2-8,11-22H2,1H3,(H,26,27). The Morgan fingerprint density at radius 1 is 0.704 bits per heavy atom. The van der Waals surface area contributed by atoms with Crippen molar-refractivity contribution in [2.45, 2.75) is 122 Å². The van der Waals surface area contributed by atoms with Crippen molar-refractivity contribution in [1.82, 2.24) is 0 Å². The van der Waals surface area contributed by atoms with Crippen molar-refractivity contribution >= 4 is 5.97 Å². The van der Waals surface area contributed by atoms with E-state index >= 15 is 0 Å². The number of aliphatic hydroxyl groups is 1. The van der Waals surface area contributed by atoms with Crippen molar-refractivity contribution in [3.8, 4) is 0 Å². The van der Waals surface area contributed by atoms with Gasteiger partial charge in [0.25, 0.3) is 0 Å². The van der Waals surface area contributed by atoms with Crippen LogP contribution in [0.25, 0.3) is 0 Å². The number of aliphatic carboxylic acids is 1. The first kappa shape index (κ1) is 26.2. The number of hydrogen-bond acceptors (Lipinski definition) is 2. The molecule has 3 nitrogen and oxygen atoms in total. The number of rotatable bonds is 21. The van der Waals surface area contributed by atoms with E-state index in [0.29, 0.717) is 0 Å². The highest BCUT2D eigenvalue weighted by Crippen LogP contribution is 2.19. The molecular weight excluding hydrogens is 336 g/mol. The molecule has 0 bridgehead atoms. The second-order valence-electron chi connectivity index (χ2n) is 7.98. The van der Waals surface area contributed by atoms with Gasteiger partial charge in [-0.1, -0.05) is 89.7 Å². The maximum Gasteiger partial charge on any atom is 0.306 e. The van der Waals surface area contributed by atoms with Crippen LogP contribution >= 0.6 is 0 Å². The van der Waals surface area contributed by atoms with Gasteiger partial charge in [0.1, 0.15) is 0 Å². The molecule has 0 amide bonds. The third-order valence-electron chi connectivity index (χ3n) is 5.37. The molecule has 0 aromatic carbocycles. The molecule has 0 saturated heterocycles. The van der Waals surface area contributed by atoms with E-state index in [1.807, 2.05) is 0 Å². The van der Waals surface area contributed by atoms with E-state index in [4.69, 9.17) is 5.11 Å². The zero-order valence-electron chi connectivity index (χ0n) is 18.0. The lowest BCUT2D eigenvalue weighted by Gasteiger charge is -2.11. The van der Waals surface area contributed by atoms with E-state index in [-0.39, 0.29) is 12.5 Å². The van der Waals surface area contributed by atoms with Crippen molar-refractivity contribution in [3.05, 3.63) is 12.2 Å². The molecular formula is C24H46O3. The Kier molecular flexibility index (Phi) is 20.8. The summed E-state index contributed by atoms with van der Waals surface area (Å²) >= 11 is 0. The van der Waals surface area contributed by atoms with Crippen LogP contribution in [0.5, 0.6) is 0 Å². The van der Waals surface area contributed by atoms with Crippen LogP contribution in [-0.4, -0.2) is 22.8 Å². The maximum absolute atomic E-state index is 11.3. The fourth-order valence-corrected chi connectivity index (χ4v) is 3.53. The minimum absolute atomic E-state index is 0.170. The van der Waals surface area contributed by atoms with Crippen LogP contribution < -0.4 is 0 Å². The molecule has 0 radical (unpaired) electrons. The molecule has 0 heterocycles. The summed E-state index contributed by atoms with van der Waals surface area (Å²) in [7, 11) is 0. The van der Waals surface area contributed by atoms with Gasteiger partial charge in [-0.05, 0) is 44.9 Å². The van der Waals surface area contributed by atoms with Gasteiger partial charge in [0, 0.05) is 6.61 Å². The van der Waals surface area contributed by atoms with Gasteiger partial charge in [0.05, 0.1) is 5.92 Å². The normalized spacial score (nSPS) is 12.7. The molecule has 1 unspecified atom stereocenters. The van der Waals surface area contributed by atoms with Crippen LogP contribution in [0.2, 0.25) is 0 Å². The van der Waals surface area contributed by atoms with E-state index < -0.39 is 5.97 Å².